The third kappa shape index (κ3) is 3.42. The second kappa shape index (κ2) is 7.54. The first-order valence-corrected chi connectivity index (χ1v) is 9.68. The van der Waals surface area contributed by atoms with E-state index in [4.69, 9.17) is 9.47 Å². The van der Waals surface area contributed by atoms with Crippen molar-refractivity contribution in [3.63, 3.8) is 0 Å². The molecule has 0 radical (unpaired) electrons. The van der Waals surface area contributed by atoms with Crippen LogP contribution >= 0.6 is 0 Å². The molecule has 6 nitrogen and oxygen atoms in total. The average molecular weight is 380 g/mol. The highest BCUT2D eigenvalue weighted by Gasteiger charge is 2.52. The fourth-order valence-electron chi connectivity index (χ4n) is 3.96. The number of aryl methyl sites for hydroxylation is 1. The Morgan fingerprint density at radius 3 is 2.39 bits per heavy atom. The van der Waals surface area contributed by atoms with Crippen molar-refractivity contribution >= 4 is 11.9 Å². The van der Waals surface area contributed by atoms with Gasteiger partial charge < -0.3 is 14.8 Å². The topological polar surface area (TPSA) is 67.9 Å². The van der Waals surface area contributed by atoms with Gasteiger partial charge in [-0.3, -0.25) is 9.69 Å². The molecule has 0 bridgehead atoms. The molecule has 1 atom stereocenters. The molecule has 2 aromatic rings. The van der Waals surface area contributed by atoms with Crippen LogP contribution < -0.4 is 14.8 Å². The van der Waals surface area contributed by atoms with Gasteiger partial charge in [-0.1, -0.05) is 24.3 Å². The Hall–Kier alpha value is -3.02. The minimum atomic E-state index is -0.815. The maximum Gasteiger partial charge on any atom is 0.325 e. The Labute approximate surface area is 164 Å². The van der Waals surface area contributed by atoms with Gasteiger partial charge in [0.2, 0.25) is 0 Å². The summed E-state index contributed by atoms with van der Waals surface area (Å²) in [4.78, 5) is 26.8. The van der Waals surface area contributed by atoms with Gasteiger partial charge in [-0.25, -0.2) is 4.79 Å². The smallest absolute Gasteiger partial charge is 0.325 e. The highest BCUT2D eigenvalue weighted by Crippen LogP contribution is 2.33. The van der Waals surface area contributed by atoms with E-state index in [2.05, 4.69) is 11.4 Å². The molecule has 0 aromatic heterocycles. The number of nitrogens with zero attached hydrogens (tertiary/aromatic N) is 1. The lowest BCUT2D eigenvalue weighted by molar-refractivity contribution is -0.132. The monoisotopic (exact) mass is 380 g/mol. The Kier molecular flexibility index (Phi) is 4.94. The largest absolute Gasteiger partial charge is 0.494 e. The predicted octanol–water partition coefficient (Wildman–Crippen LogP) is 2.94. The maximum atomic E-state index is 13.0. The molecular formula is C22H24N2O4. The van der Waals surface area contributed by atoms with Crippen LogP contribution in [0.15, 0.2) is 48.5 Å². The first kappa shape index (κ1) is 18.3. The average Bonchev–Trinajstić information content (AvgIpc) is 2.93. The van der Waals surface area contributed by atoms with Crippen molar-refractivity contribution in [3.05, 3.63) is 59.7 Å². The molecule has 1 saturated heterocycles. The second-order valence-corrected chi connectivity index (χ2v) is 7.17. The Morgan fingerprint density at radius 2 is 1.68 bits per heavy atom. The summed E-state index contributed by atoms with van der Waals surface area (Å²) in [6, 6.07) is 15.1. The lowest BCUT2D eigenvalue weighted by Crippen LogP contribution is -2.51. The standard InChI is InChI=1S/C22H24N2O4/c1-2-27-18-7-9-19(10-8-18)28-14-13-24-20(25)22(23-21(24)26)12-11-16-5-3-4-6-17(16)15-22/h3-10H,2,11-15H2,1H3,(H,23,26). The van der Waals surface area contributed by atoms with Crippen LogP contribution in [0.5, 0.6) is 11.5 Å². The highest BCUT2D eigenvalue weighted by atomic mass is 16.5. The quantitative estimate of drug-likeness (QED) is 0.783. The van der Waals surface area contributed by atoms with Crippen LogP contribution in [0.3, 0.4) is 0 Å². The number of benzene rings is 2. The predicted molar refractivity (Wildman–Crippen MR) is 105 cm³/mol. The number of carbonyl (C=O) groups excluding carboxylic acids is 2. The van der Waals surface area contributed by atoms with Crippen LogP contribution in [0.1, 0.15) is 24.5 Å². The van der Waals surface area contributed by atoms with Crippen molar-refractivity contribution < 1.29 is 19.1 Å². The van der Waals surface area contributed by atoms with E-state index in [0.29, 0.717) is 25.2 Å². The molecule has 1 unspecified atom stereocenters. The third-order valence-electron chi connectivity index (χ3n) is 5.40. The van der Waals surface area contributed by atoms with Gasteiger partial charge in [-0.2, -0.15) is 0 Å². The minimum Gasteiger partial charge on any atom is -0.494 e. The van der Waals surface area contributed by atoms with E-state index in [1.54, 1.807) is 0 Å². The summed E-state index contributed by atoms with van der Waals surface area (Å²) in [5.74, 6) is 1.31. The van der Waals surface area contributed by atoms with Crippen molar-refractivity contribution in [1.29, 1.82) is 0 Å². The molecule has 1 spiro atoms. The molecule has 1 aliphatic heterocycles. The Balaban J connectivity index is 1.37. The van der Waals surface area contributed by atoms with E-state index in [0.717, 1.165) is 17.7 Å². The number of urea groups is 1. The van der Waals surface area contributed by atoms with E-state index in [1.165, 1.54) is 10.5 Å². The molecule has 3 amide bonds. The van der Waals surface area contributed by atoms with Crippen LogP contribution in [0.2, 0.25) is 0 Å². The summed E-state index contributed by atoms with van der Waals surface area (Å²) in [7, 11) is 0. The van der Waals surface area contributed by atoms with Crippen molar-refractivity contribution in [1.82, 2.24) is 10.2 Å². The van der Waals surface area contributed by atoms with E-state index < -0.39 is 5.54 Å². The highest BCUT2D eigenvalue weighted by molar-refractivity contribution is 6.07. The normalized spacial score (nSPS) is 20.8. The fourth-order valence-corrected chi connectivity index (χ4v) is 3.96. The molecule has 4 rings (SSSR count). The summed E-state index contributed by atoms with van der Waals surface area (Å²) < 4.78 is 11.1. The Morgan fingerprint density at radius 1 is 1.00 bits per heavy atom. The summed E-state index contributed by atoms with van der Waals surface area (Å²) in [6.45, 7) is 3.01. The van der Waals surface area contributed by atoms with Crippen LogP contribution in [0.4, 0.5) is 4.79 Å². The summed E-state index contributed by atoms with van der Waals surface area (Å²) in [5, 5.41) is 2.95. The molecule has 6 heteroatoms. The molecule has 146 valence electrons. The van der Waals surface area contributed by atoms with Gasteiger partial charge >= 0.3 is 6.03 Å². The van der Waals surface area contributed by atoms with Crippen molar-refractivity contribution in [2.75, 3.05) is 19.8 Å². The van der Waals surface area contributed by atoms with Gasteiger partial charge in [0.25, 0.3) is 5.91 Å². The zero-order valence-corrected chi connectivity index (χ0v) is 15.9. The number of rotatable bonds is 6. The number of imide groups is 1. The number of amides is 3. The molecule has 1 heterocycles. The van der Waals surface area contributed by atoms with Gasteiger partial charge in [0.15, 0.2) is 0 Å². The van der Waals surface area contributed by atoms with E-state index in [1.807, 2.05) is 49.4 Å². The number of carbonyl (C=O) groups is 2. The van der Waals surface area contributed by atoms with Crippen molar-refractivity contribution in [2.24, 2.45) is 0 Å². The molecule has 1 N–H and O–H groups in total. The molecule has 2 aliphatic rings. The van der Waals surface area contributed by atoms with Crippen molar-refractivity contribution in [3.8, 4) is 11.5 Å². The van der Waals surface area contributed by atoms with E-state index in [9.17, 15) is 9.59 Å². The second-order valence-electron chi connectivity index (χ2n) is 7.17. The number of fused-ring (bicyclic) bond motifs is 1. The molecule has 0 saturated carbocycles. The molecule has 28 heavy (non-hydrogen) atoms. The summed E-state index contributed by atoms with van der Waals surface area (Å²) >= 11 is 0. The maximum absolute atomic E-state index is 13.0. The zero-order valence-electron chi connectivity index (χ0n) is 15.9. The van der Waals surface area contributed by atoms with Gasteiger partial charge in [-0.05, 0) is 55.2 Å². The Bertz CT molecular complexity index is 880. The first-order valence-electron chi connectivity index (χ1n) is 9.68. The number of ether oxygens (including phenoxy) is 2. The summed E-state index contributed by atoms with van der Waals surface area (Å²) in [5.41, 5.74) is 1.58. The lowest BCUT2D eigenvalue weighted by Gasteiger charge is -2.32. The van der Waals surface area contributed by atoms with Crippen LogP contribution in [0.25, 0.3) is 0 Å². The first-order chi connectivity index (χ1) is 13.6. The van der Waals surface area contributed by atoms with Crippen molar-refractivity contribution in [2.45, 2.75) is 31.7 Å². The number of hydrogen-bond donors (Lipinski definition) is 1. The number of hydrogen-bond acceptors (Lipinski definition) is 4. The SMILES string of the molecule is CCOc1ccc(OCCN2C(=O)NC3(CCc4ccccc4C3)C2=O)cc1. The zero-order chi connectivity index (χ0) is 19.6. The third-order valence-corrected chi connectivity index (χ3v) is 5.40. The molecule has 2 aromatic carbocycles. The minimum absolute atomic E-state index is 0.151. The van der Waals surface area contributed by atoms with Crippen LogP contribution in [0, 0.1) is 0 Å². The van der Waals surface area contributed by atoms with Gasteiger partial charge in [0.1, 0.15) is 23.6 Å². The van der Waals surface area contributed by atoms with Gasteiger partial charge in [0.05, 0.1) is 13.2 Å². The molecule has 1 aliphatic carbocycles. The van der Waals surface area contributed by atoms with Gasteiger partial charge in [0, 0.05) is 6.42 Å². The van der Waals surface area contributed by atoms with Crippen LogP contribution in [-0.2, 0) is 17.6 Å². The molecular weight excluding hydrogens is 356 g/mol. The van der Waals surface area contributed by atoms with Gasteiger partial charge in [-0.15, -0.1) is 0 Å². The van der Waals surface area contributed by atoms with E-state index in [-0.39, 0.29) is 25.1 Å². The number of nitrogens with one attached hydrogen (secondary N) is 1. The van der Waals surface area contributed by atoms with Crippen LogP contribution in [-0.4, -0.2) is 42.1 Å². The summed E-state index contributed by atoms with van der Waals surface area (Å²) in [6.07, 6.45) is 1.97. The molecule has 1 fully saturated rings. The van der Waals surface area contributed by atoms with E-state index >= 15 is 0 Å². The fraction of sp³-hybridized carbons (Fsp3) is 0.364. The lowest BCUT2D eigenvalue weighted by atomic mass is 9.78.